The van der Waals surface area contributed by atoms with Crippen LogP contribution in [-0.4, -0.2) is 28.8 Å². The summed E-state index contributed by atoms with van der Waals surface area (Å²) in [5.41, 5.74) is 3.24. The second kappa shape index (κ2) is 6.18. The molecule has 112 valence electrons. The van der Waals surface area contributed by atoms with Crippen molar-refractivity contribution in [3.05, 3.63) is 54.1 Å². The molecule has 0 saturated carbocycles. The third-order valence-electron chi connectivity index (χ3n) is 3.23. The van der Waals surface area contributed by atoms with Crippen LogP contribution >= 0.6 is 0 Å². The summed E-state index contributed by atoms with van der Waals surface area (Å²) in [7, 11) is 0.889. The zero-order chi connectivity index (χ0) is 15.5. The van der Waals surface area contributed by atoms with Crippen molar-refractivity contribution >= 4 is 21.2 Å². The maximum atomic E-state index is 11.4. The summed E-state index contributed by atoms with van der Waals surface area (Å²) >= 11 is 0. The normalized spacial score (nSPS) is 11.2. The Labute approximate surface area is 126 Å². The summed E-state index contributed by atoms with van der Waals surface area (Å²) in [6, 6.07) is 15.1. The van der Waals surface area contributed by atoms with Gasteiger partial charge in [-0.2, -0.15) is 0 Å². The number of rotatable bonds is 5. The number of nitrogens with one attached hydrogen (secondary N) is 1. The van der Waals surface area contributed by atoms with Gasteiger partial charge in [0.15, 0.2) is 9.84 Å². The third-order valence-corrected chi connectivity index (χ3v) is 4.36. The van der Waals surface area contributed by atoms with Crippen molar-refractivity contribution in [3.8, 4) is 0 Å². The molecule has 0 fully saturated rings. The molecule has 21 heavy (non-hydrogen) atoms. The predicted octanol–water partition coefficient (Wildman–Crippen LogP) is 2.77. The van der Waals surface area contributed by atoms with E-state index in [2.05, 4.69) is 34.5 Å². The fourth-order valence-electron chi connectivity index (χ4n) is 1.94. The standard InChI is InChI=1S/C16H20N2O2S/c1-18(2)15-8-4-13(5-9-15)12-17-14-6-10-16(11-7-14)21(3,19)20/h4-11,17H,12H2,1-3H3. The number of benzene rings is 2. The van der Waals surface area contributed by atoms with E-state index in [1.54, 1.807) is 24.3 Å². The van der Waals surface area contributed by atoms with Crippen molar-refractivity contribution in [2.24, 2.45) is 0 Å². The van der Waals surface area contributed by atoms with Gasteiger partial charge in [-0.05, 0) is 42.0 Å². The van der Waals surface area contributed by atoms with Crippen LogP contribution in [0.1, 0.15) is 5.56 Å². The molecule has 0 heterocycles. The van der Waals surface area contributed by atoms with Crippen molar-refractivity contribution in [3.63, 3.8) is 0 Å². The van der Waals surface area contributed by atoms with Gasteiger partial charge in [0.1, 0.15) is 0 Å². The molecule has 0 amide bonds. The largest absolute Gasteiger partial charge is 0.381 e. The first-order valence-corrected chi connectivity index (χ1v) is 8.55. The van der Waals surface area contributed by atoms with Crippen LogP contribution < -0.4 is 10.2 Å². The van der Waals surface area contributed by atoms with E-state index in [4.69, 9.17) is 0 Å². The van der Waals surface area contributed by atoms with Crippen LogP contribution in [0.4, 0.5) is 11.4 Å². The number of hydrogen-bond donors (Lipinski definition) is 1. The number of sulfone groups is 1. The van der Waals surface area contributed by atoms with Gasteiger partial charge in [-0.3, -0.25) is 0 Å². The molecule has 0 aliphatic rings. The van der Waals surface area contributed by atoms with Crippen LogP contribution in [-0.2, 0) is 16.4 Å². The van der Waals surface area contributed by atoms with Crippen LogP contribution in [0.2, 0.25) is 0 Å². The second-order valence-electron chi connectivity index (χ2n) is 5.21. The highest BCUT2D eigenvalue weighted by molar-refractivity contribution is 7.90. The molecule has 0 atom stereocenters. The van der Waals surface area contributed by atoms with Gasteiger partial charge in [-0.1, -0.05) is 12.1 Å². The lowest BCUT2D eigenvalue weighted by Gasteiger charge is -2.13. The minimum atomic E-state index is -3.13. The Morgan fingerprint density at radius 2 is 1.52 bits per heavy atom. The van der Waals surface area contributed by atoms with Gasteiger partial charge in [-0.15, -0.1) is 0 Å². The summed E-state index contributed by atoms with van der Waals surface area (Å²) in [5, 5.41) is 3.28. The molecule has 5 heteroatoms. The van der Waals surface area contributed by atoms with Crippen LogP contribution in [0, 0.1) is 0 Å². The smallest absolute Gasteiger partial charge is 0.175 e. The molecule has 0 saturated heterocycles. The van der Waals surface area contributed by atoms with E-state index in [9.17, 15) is 8.42 Å². The van der Waals surface area contributed by atoms with Crippen LogP contribution in [0.3, 0.4) is 0 Å². The Bertz CT molecular complexity index is 690. The fraction of sp³-hybridized carbons (Fsp3) is 0.250. The minimum absolute atomic E-state index is 0.336. The van der Waals surface area contributed by atoms with Crippen molar-refractivity contribution in [2.45, 2.75) is 11.4 Å². The highest BCUT2D eigenvalue weighted by atomic mass is 32.2. The van der Waals surface area contributed by atoms with E-state index >= 15 is 0 Å². The lowest BCUT2D eigenvalue weighted by atomic mass is 10.2. The first-order chi connectivity index (χ1) is 9.86. The Morgan fingerprint density at radius 3 is 2.00 bits per heavy atom. The molecule has 1 N–H and O–H groups in total. The Balaban J connectivity index is 2.00. The number of nitrogens with zero attached hydrogens (tertiary/aromatic N) is 1. The van der Waals surface area contributed by atoms with Crippen LogP contribution in [0.5, 0.6) is 0 Å². The second-order valence-corrected chi connectivity index (χ2v) is 7.23. The minimum Gasteiger partial charge on any atom is -0.381 e. The van der Waals surface area contributed by atoms with Gasteiger partial charge in [0.2, 0.25) is 0 Å². The fourth-order valence-corrected chi connectivity index (χ4v) is 2.57. The third kappa shape index (κ3) is 4.23. The SMILES string of the molecule is CN(C)c1ccc(CNc2ccc(S(C)(=O)=O)cc2)cc1. The maximum Gasteiger partial charge on any atom is 0.175 e. The average molecular weight is 304 g/mol. The summed E-state index contributed by atoms with van der Waals surface area (Å²) in [6.45, 7) is 0.700. The first-order valence-electron chi connectivity index (χ1n) is 6.66. The predicted molar refractivity (Wildman–Crippen MR) is 87.6 cm³/mol. The molecule has 0 aliphatic carbocycles. The first kappa shape index (κ1) is 15.4. The van der Waals surface area contributed by atoms with Crippen LogP contribution in [0.15, 0.2) is 53.4 Å². The summed E-state index contributed by atoms with van der Waals surface area (Å²) < 4.78 is 22.8. The van der Waals surface area contributed by atoms with E-state index in [0.717, 1.165) is 11.4 Å². The van der Waals surface area contributed by atoms with E-state index in [-0.39, 0.29) is 0 Å². The molecule has 0 aliphatic heterocycles. The summed E-state index contributed by atoms with van der Waals surface area (Å²) in [6.07, 6.45) is 1.21. The molecule has 0 bridgehead atoms. The molecule has 4 nitrogen and oxygen atoms in total. The average Bonchev–Trinajstić information content (AvgIpc) is 2.45. The topological polar surface area (TPSA) is 49.4 Å². The molecular formula is C16H20N2O2S. The molecule has 2 rings (SSSR count). The zero-order valence-electron chi connectivity index (χ0n) is 12.5. The molecule has 2 aromatic rings. The van der Waals surface area contributed by atoms with Crippen molar-refractivity contribution in [1.82, 2.24) is 0 Å². The quantitative estimate of drug-likeness (QED) is 0.923. The summed E-state index contributed by atoms with van der Waals surface area (Å²) in [5.74, 6) is 0. The molecular weight excluding hydrogens is 284 g/mol. The maximum absolute atomic E-state index is 11.4. The van der Waals surface area contributed by atoms with Gasteiger partial charge in [0, 0.05) is 38.3 Å². The highest BCUT2D eigenvalue weighted by Gasteiger charge is 2.05. The molecule has 0 radical (unpaired) electrons. The summed E-state index contributed by atoms with van der Waals surface area (Å²) in [4.78, 5) is 2.39. The Kier molecular flexibility index (Phi) is 4.53. The lowest BCUT2D eigenvalue weighted by molar-refractivity contribution is 0.602. The van der Waals surface area contributed by atoms with Gasteiger partial charge < -0.3 is 10.2 Å². The van der Waals surface area contributed by atoms with E-state index < -0.39 is 9.84 Å². The lowest BCUT2D eigenvalue weighted by Crippen LogP contribution is -2.08. The van der Waals surface area contributed by atoms with E-state index in [0.29, 0.717) is 11.4 Å². The van der Waals surface area contributed by atoms with Crippen molar-refractivity contribution < 1.29 is 8.42 Å². The molecule has 0 aromatic heterocycles. The van der Waals surface area contributed by atoms with Gasteiger partial charge in [-0.25, -0.2) is 8.42 Å². The van der Waals surface area contributed by atoms with Crippen LogP contribution in [0.25, 0.3) is 0 Å². The molecule has 0 unspecified atom stereocenters. The van der Waals surface area contributed by atoms with Crippen molar-refractivity contribution in [1.29, 1.82) is 0 Å². The van der Waals surface area contributed by atoms with E-state index in [1.165, 1.54) is 11.8 Å². The highest BCUT2D eigenvalue weighted by Crippen LogP contribution is 2.16. The Hall–Kier alpha value is -2.01. The molecule has 2 aromatic carbocycles. The van der Waals surface area contributed by atoms with Gasteiger partial charge in [0.25, 0.3) is 0 Å². The van der Waals surface area contributed by atoms with E-state index in [1.807, 2.05) is 14.1 Å². The van der Waals surface area contributed by atoms with Gasteiger partial charge in [0.05, 0.1) is 4.90 Å². The Morgan fingerprint density at radius 1 is 0.952 bits per heavy atom. The number of anilines is 2. The molecule has 0 spiro atoms. The monoisotopic (exact) mass is 304 g/mol. The van der Waals surface area contributed by atoms with Gasteiger partial charge >= 0.3 is 0 Å². The zero-order valence-corrected chi connectivity index (χ0v) is 13.3. The van der Waals surface area contributed by atoms with Crippen molar-refractivity contribution in [2.75, 3.05) is 30.6 Å². The number of hydrogen-bond acceptors (Lipinski definition) is 4.